The third kappa shape index (κ3) is 15.3. The first kappa shape index (κ1) is 33.9. The highest BCUT2D eigenvalue weighted by Gasteiger charge is 2.08. The Labute approximate surface area is 247 Å². The molecule has 0 atom stereocenters. The summed E-state index contributed by atoms with van der Waals surface area (Å²) in [5, 5.41) is 8.91. The Hall–Kier alpha value is -3.35. The molecule has 0 aliphatic carbocycles. The predicted molar refractivity (Wildman–Crippen MR) is 166 cm³/mol. The molecule has 0 aliphatic heterocycles. The smallest absolute Gasteiger partial charge is 0.333 e. The molecule has 0 aliphatic rings. The second-order valence-corrected chi connectivity index (χ2v) is 10.3. The van der Waals surface area contributed by atoms with Gasteiger partial charge in [0.05, 0.1) is 32.1 Å². The number of carbonyl (C=O) groups is 1. The molecule has 0 aromatic heterocycles. The minimum Gasteiger partial charge on any atom is -0.494 e. The topological polar surface area (TPSA) is 78.7 Å². The SMILES string of the molecule is C=C(C)C(=O)OCCCCCCOc1cc(OCCCCCC)ccc1N=Nc1ccc(OCCCCCC)cc1. The average molecular weight is 567 g/mol. The van der Waals surface area contributed by atoms with E-state index >= 15 is 0 Å². The zero-order valence-corrected chi connectivity index (χ0v) is 25.5. The van der Waals surface area contributed by atoms with Crippen LogP contribution in [-0.4, -0.2) is 32.4 Å². The second kappa shape index (κ2) is 21.4. The Bertz CT molecular complexity index is 1040. The maximum Gasteiger partial charge on any atom is 0.333 e. The monoisotopic (exact) mass is 566 g/mol. The van der Waals surface area contributed by atoms with E-state index in [0.29, 0.717) is 36.8 Å². The van der Waals surface area contributed by atoms with Crippen LogP contribution < -0.4 is 14.2 Å². The van der Waals surface area contributed by atoms with Crippen molar-refractivity contribution in [3.8, 4) is 17.2 Å². The van der Waals surface area contributed by atoms with Gasteiger partial charge in [0.1, 0.15) is 22.9 Å². The van der Waals surface area contributed by atoms with E-state index < -0.39 is 0 Å². The normalized spacial score (nSPS) is 11.0. The van der Waals surface area contributed by atoms with Gasteiger partial charge < -0.3 is 18.9 Å². The minimum atomic E-state index is -0.329. The van der Waals surface area contributed by atoms with Gasteiger partial charge >= 0.3 is 5.97 Å². The van der Waals surface area contributed by atoms with Crippen molar-refractivity contribution in [3.63, 3.8) is 0 Å². The third-order valence-electron chi connectivity index (χ3n) is 6.45. The second-order valence-electron chi connectivity index (χ2n) is 10.3. The molecule has 0 N–H and O–H groups in total. The van der Waals surface area contributed by atoms with Crippen molar-refractivity contribution in [2.45, 2.75) is 97.8 Å². The van der Waals surface area contributed by atoms with Gasteiger partial charge in [-0.25, -0.2) is 4.79 Å². The van der Waals surface area contributed by atoms with E-state index in [-0.39, 0.29) is 5.97 Å². The Kier molecular flexibility index (Phi) is 17.7. The molecular weight excluding hydrogens is 516 g/mol. The van der Waals surface area contributed by atoms with E-state index in [1.807, 2.05) is 42.5 Å². The van der Waals surface area contributed by atoms with Gasteiger partial charge in [-0.1, -0.05) is 59.0 Å². The average Bonchev–Trinajstić information content (AvgIpc) is 2.98. The van der Waals surface area contributed by atoms with Crippen molar-refractivity contribution in [1.82, 2.24) is 0 Å². The van der Waals surface area contributed by atoms with E-state index in [1.54, 1.807) is 6.92 Å². The molecule has 0 fully saturated rings. The largest absolute Gasteiger partial charge is 0.494 e. The van der Waals surface area contributed by atoms with Crippen LogP contribution in [0.4, 0.5) is 11.4 Å². The summed E-state index contributed by atoms with van der Waals surface area (Å²) in [6, 6.07) is 13.4. The van der Waals surface area contributed by atoms with Gasteiger partial charge in [0.15, 0.2) is 0 Å². The van der Waals surface area contributed by atoms with E-state index in [9.17, 15) is 4.79 Å². The van der Waals surface area contributed by atoms with Gasteiger partial charge in [-0.2, -0.15) is 5.11 Å². The van der Waals surface area contributed by atoms with Gasteiger partial charge in [0, 0.05) is 11.6 Å². The number of rotatable bonds is 23. The van der Waals surface area contributed by atoms with Crippen LogP contribution in [-0.2, 0) is 9.53 Å². The number of hydrogen-bond donors (Lipinski definition) is 0. The molecule has 0 spiro atoms. The Morgan fingerprint density at radius 1 is 0.659 bits per heavy atom. The fourth-order valence-corrected chi connectivity index (χ4v) is 3.97. The van der Waals surface area contributed by atoms with E-state index in [2.05, 4.69) is 30.7 Å². The quantitative estimate of drug-likeness (QED) is 0.0579. The molecule has 7 heteroatoms. The van der Waals surface area contributed by atoms with Gasteiger partial charge in [0.25, 0.3) is 0 Å². The molecule has 0 bridgehead atoms. The molecule has 7 nitrogen and oxygen atoms in total. The van der Waals surface area contributed by atoms with Crippen molar-refractivity contribution in [1.29, 1.82) is 0 Å². The summed E-state index contributed by atoms with van der Waals surface area (Å²) in [6.45, 7) is 12.0. The van der Waals surface area contributed by atoms with Crippen LogP contribution in [0.2, 0.25) is 0 Å². The highest BCUT2D eigenvalue weighted by molar-refractivity contribution is 5.86. The van der Waals surface area contributed by atoms with Crippen LogP contribution >= 0.6 is 0 Å². The first-order chi connectivity index (χ1) is 20.0. The highest BCUT2D eigenvalue weighted by Crippen LogP contribution is 2.34. The van der Waals surface area contributed by atoms with Gasteiger partial charge in [-0.15, -0.1) is 5.11 Å². The van der Waals surface area contributed by atoms with Crippen LogP contribution in [0.5, 0.6) is 17.2 Å². The molecule has 226 valence electrons. The van der Waals surface area contributed by atoms with Crippen molar-refractivity contribution in [3.05, 3.63) is 54.6 Å². The standard InChI is InChI=1S/C34H50N2O5/c1-5-7-9-13-23-38-30-19-17-29(18-20-30)35-36-32-22-21-31(39-24-14-10-8-6-2)27-33(32)40-25-15-11-12-16-26-41-34(37)28(3)4/h17-22,27H,3,5-16,23-26H2,1-2,4H3. The number of nitrogens with zero attached hydrogens (tertiary/aromatic N) is 2. The van der Waals surface area contributed by atoms with Crippen LogP contribution in [0.25, 0.3) is 0 Å². The van der Waals surface area contributed by atoms with E-state index in [0.717, 1.165) is 62.3 Å². The number of esters is 1. The molecular formula is C34H50N2O5. The maximum absolute atomic E-state index is 11.5. The summed E-state index contributed by atoms with van der Waals surface area (Å²) in [5.74, 6) is 1.95. The van der Waals surface area contributed by atoms with Crippen LogP contribution in [0.15, 0.2) is 64.8 Å². The molecule has 2 aromatic rings. The van der Waals surface area contributed by atoms with Gasteiger partial charge in [-0.05, 0) is 81.8 Å². The first-order valence-electron chi connectivity index (χ1n) is 15.4. The Morgan fingerprint density at radius 3 is 1.80 bits per heavy atom. The number of benzene rings is 2. The fraction of sp³-hybridized carbons (Fsp3) is 0.559. The molecule has 0 heterocycles. The van der Waals surface area contributed by atoms with Crippen molar-refractivity contribution < 1.29 is 23.7 Å². The number of unbranched alkanes of at least 4 members (excludes halogenated alkanes) is 9. The summed E-state index contributed by atoms with van der Waals surface area (Å²) in [5.41, 5.74) is 1.84. The van der Waals surface area contributed by atoms with Crippen LogP contribution in [0.1, 0.15) is 97.8 Å². The molecule has 0 saturated heterocycles. The number of hydrogen-bond acceptors (Lipinski definition) is 7. The summed E-state index contributed by atoms with van der Waals surface area (Å²) in [4.78, 5) is 11.5. The molecule has 0 amide bonds. The molecule has 0 radical (unpaired) electrons. The lowest BCUT2D eigenvalue weighted by Crippen LogP contribution is -2.06. The Morgan fingerprint density at radius 2 is 1.20 bits per heavy atom. The van der Waals surface area contributed by atoms with Crippen molar-refractivity contribution >= 4 is 17.3 Å². The van der Waals surface area contributed by atoms with Crippen molar-refractivity contribution in [2.24, 2.45) is 10.2 Å². The number of carbonyl (C=O) groups excluding carboxylic acids is 1. The zero-order valence-electron chi connectivity index (χ0n) is 25.5. The summed E-state index contributed by atoms with van der Waals surface area (Å²) < 4.78 is 23.1. The summed E-state index contributed by atoms with van der Waals surface area (Å²) >= 11 is 0. The lowest BCUT2D eigenvalue weighted by atomic mass is 10.2. The van der Waals surface area contributed by atoms with Crippen LogP contribution in [0.3, 0.4) is 0 Å². The molecule has 2 aromatic carbocycles. The Balaban J connectivity index is 1.90. The minimum absolute atomic E-state index is 0.329. The summed E-state index contributed by atoms with van der Waals surface area (Å²) in [6.07, 6.45) is 13.0. The lowest BCUT2D eigenvalue weighted by molar-refractivity contribution is -0.139. The highest BCUT2D eigenvalue weighted by atomic mass is 16.5. The van der Waals surface area contributed by atoms with Crippen molar-refractivity contribution in [2.75, 3.05) is 26.4 Å². The van der Waals surface area contributed by atoms with E-state index in [4.69, 9.17) is 18.9 Å². The molecule has 0 saturated carbocycles. The number of azo groups is 1. The maximum atomic E-state index is 11.5. The molecule has 0 unspecified atom stereocenters. The third-order valence-corrected chi connectivity index (χ3v) is 6.45. The fourth-order valence-electron chi connectivity index (χ4n) is 3.97. The summed E-state index contributed by atoms with van der Waals surface area (Å²) in [7, 11) is 0. The zero-order chi connectivity index (χ0) is 29.5. The molecule has 2 rings (SSSR count). The van der Waals surface area contributed by atoms with Gasteiger partial charge in [0.2, 0.25) is 0 Å². The van der Waals surface area contributed by atoms with E-state index in [1.165, 1.54) is 38.5 Å². The van der Waals surface area contributed by atoms with Crippen LogP contribution in [0, 0.1) is 0 Å². The predicted octanol–water partition coefficient (Wildman–Crippen LogP) is 10.1. The number of ether oxygens (including phenoxy) is 4. The lowest BCUT2D eigenvalue weighted by Gasteiger charge is -2.12. The van der Waals surface area contributed by atoms with Gasteiger partial charge in [-0.3, -0.25) is 0 Å². The molecule has 41 heavy (non-hydrogen) atoms. The first-order valence-corrected chi connectivity index (χ1v) is 15.4.